The summed E-state index contributed by atoms with van der Waals surface area (Å²) in [6, 6.07) is 10.7. The van der Waals surface area contributed by atoms with Crippen LogP contribution in [0.1, 0.15) is 29.1 Å². The van der Waals surface area contributed by atoms with Crippen LogP contribution in [-0.4, -0.2) is 28.5 Å². The van der Waals surface area contributed by atoms with Crippen molar-refractivity contribution in [3.63, 3.8) is 0 Å². The van der Waals surface area contributed by atoms with Gasteiger partial charge in [-0.3, -0.25) is 4.90 Å². The lowest BCUT2D eigenvalue weighted by Crippen LogP contribution is -2.24. The zero-order chi connectivity index (χ0) is 14.7. The Balaban J connectivity index is 1.78. The molecule has 3 rings (SSSR count). The molecule has 1 aliphatic rings. The molecule has 0 saturated heterocycles. The van der Waals surface area contributed by atoms with Crippen LogP contribution in [0.5, 0.6) is 0 Å². The number of anilines is 1. The molecule has 0 spiro atoms. The summed E-state index contributed by atoms with van der Waals surface area (Å²) in [4.78, 5) is 11.6. The Morgan fingerprint density at radius 1 is 1.19 bits per heavy atom. The van der Waals surface area contributed by atoms with Gasteiger partial charge in [0, 0.05) is 25.4 Å². The van der Waals surface area contributed by atoms with E-state index in [0.717, 1.165) is 37.0 Å². The number of aryl methyl sites for hydroxylation is 2. The fourth-order valence-corrected chi connectivity index (χ4v) is 2.93. The monoisotopic (exact) mass is 282 g/mol. The van der Waals surface area contributed by atoms with Gasteiger partial charge in [0.15, 0.2) is 0 Å². The van der Waals surface area contributed by atoms with E-state index in [4.69, 9.17) is 0 Å². The van der Waals surface area contributed by atoms with Crippen molar-refractivity contribution in [3.8, 4) is 0 Å². The molecule has 1 aromatic carbocycles. The third-order valence-electron chi connectivity index (χ3n) is 3.95. The molecule has 110 valence electrons. The predicted molar refractivity (Wildman–Crippen MR) is 85.2 cm³/mol. The first-order valence-corrected chi connectivity index (χ1v) is 7.56. The van der Waals surface area contributed by atoms with E-state index in [9.17, 15) is 0 Å². The Bertz CT molecular complexity index is 624. The van der Waals surface area contributed by atoms with Gasteiger partial charge in [0.05, 0.1) is 6.54 Å². The van der Waals surface area contributed by atoms with Gasteiger partial charge in [-0.25, -0.2) is 9.97 Å². The fourth-order valence-electron chi connectivity index (χ4n) is 2.93. The van der Waals surface area contributed by atoms with Crippen molar-refractivity contribution in [2.45, 2.75) is 32.9 Å². The molecule has 0 radical (unpaired) electrons. The Morgan fingerprint density at radius 3 is 2.81 bits per heavy atom. The third kappa shape index (κ3) is 3.39. The van der Waals surface area contributed by atoms with Crippen molar-refractivity contribution >= 4 is 5.82 Å². The van der Waals surface area contributed by atoms with Gasteiger partial charge in [-0.2, -0.15) is 0 Å². The van der Waals surface area contributed by atoms with Crippen LogP contribution in [0, 0.1) is 6.92 Å². The second-order valence-corrected chi connectivity index (χ2v) is 5.64. The molecule has 0 aliphatic carbocycles. The van der Waals surface area contributed by atoms with Gasteiger partial charge in [0.1, 0.15) is 11.6 Å². The van der Waals surface area contributed by atoms with Gasteiger partial charge in [-0.05, 0) is 37.4 Å². The van der Waals surface area contributed by atoms with Crippen LogP contribution in [0.3, 0.4) is 0 Å². The van der Waals surface area contributed by atoms with Crippen molar-refractivity contribution in [1.29, 1.82) is 0 Å². The Kier molecular flexibility index (Phi) is 4.15. The summed E-state index contributed by atoms with van der Waals surface area (Å²) in [5.74, 6) is 1.80. The number of nitrogens with zero attached hydrogens (tertiary/aromatic N) is 3. The predicted octanol–water partition coefficient (Wildman–Crippen LogP) is 2.78. The molecule has 2 aromatic rings. The quantitative estimate of drug-likeness (QED) is 0.940. The van der Waals surface area contributed by atoms with Crippen molar-refractivity contribution in [2.75, 3.05) is 18.9 Å². The highest BCUT2D eigenvalue weighted by Crippen LogP contribution is 2.19. The third-order valence-corrected chi connectivity index (χ3v) is 3.95. The zero-order valence-electron chi connectivity index (χ0n) is 12.8. The van der Waals surface area contributed by atoms with Crippen LogP contribution >= 0.6 is 0 Å². The molecular formula is C17H22N4. The van der Waals surface area contributed by atoms with Gasteiger partial charge in [0.25, 0.3) is 0 Å². The van der Waals surface area contributed by atoms with E-state index in [1.165, 1.54) is 24.0 Å². The molecule has 0 bridgehead atoms. The maximum atomic E-state index is 4.57. The number of aromatic nitrogens is 2. The van der Waals surface area contributed by atoms with Crippen molar-refractivity contribution < 1.29 is 0 Å². The molecule has 0 unspecified atom stereocenters. The van der Waals surface area contributed by atoms with Crippen LogP contribution in [-0.2, 0) is 19.5 Å². The molecule has 1 N–H and O–H groups in total. The van der Waals surface area contributed by atoms with E-state index in [0.29, 0.717) is 0 Å². The molecule has 4 heteroatoms. The summed E-state index contributed by atoms with van der Waals surface area (Å²) in [6.07, 6.45) is 2.37. The SMILES string of the molecule is CNc1cc(C)nc(CN2CCCc3ccccc3C2)n1. The highest BCUT2D eigenvalue weighted by Gasteiger charge is 2.15. The Morgan fingerprint density at radius 2 is 2.00 bits per heavy atom. The van der Waals surface area contributed by atoms with Crippen LogP contribution in [0.15, 0.2) is 30.3 Å². The average Bonchev–Trinajstić information content (AvgIpc) is 2.68. The van der Waals surface area contributed by atoms with E-state index < -0.39 is 0 Å². The van der Waals surface area contributed by atoms with Crippen molar-refractivity contribution in [1.82, 2.24) is 14.9 Å². The van der Waals surface area contributed by atoms with E-state index >= 15 is 0 Å². The maximum Gasteiger partial charge on any atom is 0.144 e. The molecule has 2 heterocycles. The summed E-state index contributed by atoms with van der Waals surface area (Å²) in [6.45, 7) is 4.91. The largest absolute Gasteiger partial charge is 0.373 e. The minimum absolute atomic E-state index is 0.810. The number of fused-ring (bicyclic) bond motifs is 1. The van der Waals surface area contributed by atoms with Gasteiger partial charge < -0.3 is 5.32 Å². The Hall–Kier alpha value is -1.94. The molecule has 0 fully saturated rings. The number of benzene rings is 1. The van der Waals surface area contributed by atoms with Crippen molar-refractivity contribution in [2.24, 2.45) is 0 Å². The minimum atomic E-state index is 0.810. The van der Waals surface area contributed by atoms with Gasteiger partial charge in [0.2, 0.25) is 0 Å². The second-order valence-electron chi connectivity index (χ2n) is 5.64. The number of rotatable bonds is 3. The van der Waals surface area contributed by atoms with Crippen LogP contribution in [0.4, 0.5) is 5.82 Å². The summed E-state index contributed by atoms with van der Waals surface area (Å²) in [5.41, 5.74) is 3.94. The molecule has 21 heavy (non-hydrogen) atoms. The number of hydrogen-bond donors (Lipinski definition) is 1. The van der Waals surface area contributed by atoms with E-state index in [2.05, 4.69) is 44.5 Å². The highest BCUT2D eigenvalue weighted by molar-refractivity contribution is 5.34. The molecule has 1 aliphatic heterocycles. The summed E-state index contributed by atoms with van der Waals surface area (Å²) < 4.78 is 0. The molecule has 0 amide bonds. The molecule has 0 saturated carbocycles. The molecular weight excluding hydrogens is 260 g/mol. The second kappa shape index (κ2) is 6.22. The minimum Gasteiger partial charge on any atom is -0.373 e. The van der Waals surface area contributed by atoms with Gasteiger partial charge >= 0.3 is 0 Å². The Labute approximate surface area is 126 Å². The average molecular weight is 282 g/mol. The lowest BCUT2D eigenvalue weighted by atomic mass is 10.0. The zero-order valence-corrected chi connectivity index (χ0v) is 12.8. The van der Waals surface area contributed by atoms with Crippen LogP contribution < -0.4 is 5.32 Å². The van der Waals surface area contributed by atoms with Gasteiger partial charge in [-0.15, -0.1) is 0 Å². The summed E-state index contributed by atoms with van der Waals surface area (Å²) in [5, 5.41) is 3.10. The standard InChI is InChI=1S/C17H22N4/c1-13-10-16(18-2)20-17(19-13)12-21-9-5-8-14-6-3-4-7-15(14)11-21/h3-4,6-7,10H,5,8-9,11-12H2,1-2H3,(H,18,19,20). The first kappa shape index (κ1) is 14.0. The maximum absolute atomic E-state index is 4.57. The topological polar surface area (TPSA) is 41.1 Å². The number of nitrogens with one attached hydrogen (secondary N) is 1. The number of hydrogen-bond acceptors (Lipinski definition) is 4. The first-order valence-electron chi connectivity index (χ1n) is 7.56. The van der Waals surface area contributed by atoms with E-state index in [1.54, 1.807) is 0 Å². The molecule has 1 aromatic heterocycles. The normalized spacial score (nSPS) is 15.3. The lowest BCUT2D eigenvalue weighted by Gasteiger charge is -2.20. The van der Waals surface area contributed by atoms with E-state index in [-0.39, 0.29) is 0 Å². The van der Waals surface area contributed by atoms with Crippen molar-refractivity contribution in [3.05, 3.63) is 53.0 Å². The lowest BCUT2D eigenvalue weighted by molar-refractivity contribution is 0.254. The molecule has 4 nitrogen and oxygen atoms in total. The van der Waals surface area contributed by atoms with Gasteiger partial charge in [-0.1, -0.05) is 24.3 Å². The van der Waals surface area contributed by atoms with Crippen LogP contribution in [0.2, 0.25) is 0 Å². The summed E-state index contributed by atoms with van der Waals surface area (Å²) >= 11 is 0. The highest BCUT2D eigenvalue weighted by atomic mass is 15.2. The fraction of sp³-hybridized carbons (Fsp3) is 0.412. The van der Waals surface area contributed by atoms with Crippen LogP contribution in [0.25, 0.3) is 0 Å². The van der Waals surface area contributed by atoms with E-state index in [1.807, 2.05) is 20.0 Å². The first-order chi connectivity index (χ1) is 10.2. The molecule has 0 atom stereocenters. The summed E-state index contributed by atoms with van der Waals surface area (Å²) in [7, 11) is 1.90. The smallest absolute Gasteiger partial charge is 0.144 e.